The highest BCUT2D eigenvalue weighted by atomic mass is 32.2. The lowest BCUT2D eigenvalue weighted by Gasteiger charge is -2.16. The van der Waals surface area contributed by atoms with Gasteiger partial charge in [-0.15, -0.1) is 30.7 Å². The molecule has 45 heteroatoms. The van der Waals surface area contributed by atoms with E-state index in [1.807, 2.05) is 0 Å². The molecule has 6 aromatic carbocycles. The minimum absolute atomic E-state index is 0.0239. The molecule has 0 aliphatic rings. The van der Waals surface area contributed by atoms with Gasteiger partial charge in [0.2, 0.25) is 0 Å². The van der Waals surface area contributed by atoms with Crippen LogP contribution in [-0.4, -0.2) is 151 Å². The summed E-state index contributed by atoms with van der Waals surface area (Å²) < 4.78 is 263. The van der Waals surface area contributed by atoms with Gasteiger partial charge in [-0.1, -0.05) is 0 Å². The molecular weight excluding hydrogens is 1450 g/mol. The number of aryl methyl sites for hydroxylation is 4. The molecule has 0 aromatic heterocycles. The number of nitrogens with zero attached hydrogens (tertiary/aromatic N) is 8. The molecule has 526 valence electrons. The van der Waals surface area contributed by atoms with Gasteiger partial charge < -0.3 is 34.1 Å². The molecule has 0 bridgehead atoms. The first-order valence-electron chi connectivity index (χ1n) is 27.1. The van der Waals surface area contributed by atoms with E-state index in [1.54, 1.807) is 6.92 Å². The van der Waals surface area contributed by atoms with E-state index in [1.165, 1.54) is 69.3 Å². The van der Waals surface area contributed by atoms with Crippen molar-refractivity contribution in [1.82, 2.24) is 0 Å². The monoisotopic (exact) mass is 1510 g/mol. The first-order chi connectivity index (χ1) is 44.9. The first-order valence-corrected chi connectivity index (χ1v) is 38.7. The van der Waals surface area contributed by atoms with Crippen LogP contribution in [0.5, 0.6) is 23.0 Å². The third-order valence-electron chi connectivity index (χ3n) is 12.6. The zero-order valence-electron chi connectivity index (χ0n) is 50.5. The van der Waals surface area contributed by atoms with Crippen LogP contribution in [0.1, 0.15) is 41.5 Å². The van der Waals surface area contributed by atoms with E-state index in [4.69, 9.17) is 18.9 Å². The molecule has 0 atom stereocenters. The Kier molecular flexibility index (Phi) is 26.1. The van der Waals surface area contributed by atoms with Gasteiger partial charge >= 0.3 is 6.03 Å². The third-order valence-corrected chi connectivity index (χ3v) is 18.7. The summed E-state index contributed by atoms with van der Waals surface area (Å²) in [7, 11) is -32.8. The van der Waals surface area contributed by atoms with Crippen LogP contribution in [0.2, 0.25) is 0 Å². The zero-order chi connectivity index (χ0) is 72.1. The van der Waals surface area contributed by atoms with Crippen LogP contribution in [-0.2, 0) is 70.8 Å². The highest BCUT2D eigenvalue weighted by Gasteiger charge is 2.23. The number of hydrogen-bond acceptors (Lipinski definition) is 29. The number of amides is 2. The maximum Gasteiger partial charge on any atom is 0.323 e. The molecule has 97 heavy (non-hydrogen) atoms. The summed E-state index contributed by atoms with van der Waals surface area (Å²) in [6.45, 7) is 4.22. The molecule has 0 heterocycles. The van der Waals surface area contributed by atoms with E-state index in [2.05, 4.69) is 51.5 Å². The molecule has 0 saturated heterocycles. The fraction of sp³-hybridized carbons (Fsp3) is 0.288. The predicted molar refractivity (Wildman–Crippen MR) is 346 cm³/mol. The van der Waals surface area contributed by atoms with E-state index in [-0.39, 0.29) is 135 Å². The van der Waals surface area contributed by atoms with Gasteiger partial charge in [-0.2, -0.15) is 69.2 Å². The zero-order valence-corrected chi connectivity index (χ0v) is 57.1. The van der Waals surface area contributed by atoms with Crippen LogP contribution in [0.3, 0.4) is 0 Å². The molecule has 0 saturated carbocycles. The minimum atomic E-state index is -5.19. The van der Waals surface area contributed by atoms with Crippen LogP contribution >= 0.6 is 12.0 Å². The van der Waals surface area contributed by atoms with Gasteiger partial charge in [0.25, 0.3) is 70.8 Å². The molecule has 0 aliphatic heterocycles. The van der Waals surface area contributed by atoms with Gasteiger partial charge in [-0.05, 0) is 130 Å². The van der Waals surface area contributed by atoms with Crippen molar-refractivity contribution in [1.29, 1.82) is 0 Å². The molecule has 10 N–H and O–H groups in total. The fourth-order valence-corrected chi connectivity index (χ4v) is 11.7. The topological polar surface area (TPSA) is 578 Å². The van der Waals surface area contributed by atoms with Crippen LogP contribution in [0.15, 0.2) is 145 Å². The van der Waals surface area contributed by atoms with Crippen molar-refractivity contribution < 1.29 is 119 Å². The van der Waals surface area contributed by atoms with Crippen LogP contribution in [0.25, 0.3) is 0 Å². The average molecular weight is 1510 g/mol. The summed E-state index contributed by atoms with van der Waals surface area (Å²) in [4.78, 5) is 11.2. The van der Waals surface area contributed by atoms with Crippen LogP contribution in [0, 0.1) is 27.7 Å². The molecule has 0 spiro atoms. The minimum Gasteiger partial charge on any atom is -0.491 e. The molecule has 2 amide bonds. The second kappa shape index (κ2) is 32.5. The number of azo groups is 4. The maximum absolute atomic E-state index is 13.9. The number of urea groups is 1. The highest BCUT2D eigenvalue weighted by Crippen LogP contribution is 2.43. The third kappa shape index (κ3) is 25.0. The van der Waals surface area contributed by atoms with Crippen molar-refractivity contribution in [2.45, 2.75) is 66.5 Å². The second-order valence-electron chi connectivity index (χ2n) is 20.2. The number of nitrogens with one attached hydrogen (secondary N) is 2. The molecule has 0 unspecified atom stereocenters. The number of hydrogen-bond donors (Lipinski definition) is 10. The summed E-state index contributed by atoms with van der Waals surface area (Å²) in [6, 6.07) is 14.6. The Morgan fingerprint density at radius 1 is 0.371 bits per heavy atom. The van der Waals surface area contributed by atoms with Gasteiger partial charge in [0, 0.05) is 47.7 Å². The van der Waals surface area contributed by atoms with Crippen molar-refractivity contribution in [3.8, 4) is 23.0 Å². The normalized spacial score (nSPS) is 12.9. The molecule has 6 aromatic rings. The Bertz CT molecular complexity index is 4960. The Balaban J connectivity index is 1.33. The molecule has 0 fully saturated rings. The number of carbonyl (C=O) groups is 1. The van der Waals surface area contributed by atoms with E-state index in [0.717, 1.165) is 30.3 Å². The highest BCUT2D eigenvalue weighted by molar-refractivity contribution is 7.94. The van der Waals surface area contributed by atoms with E-state index < -0.39 is 133 Å². The lowest BCUT2D eigenvalue weighted by molar-refractivity contribution is 0.262. The first kappa shape index (κ1) is 77.9. The van der Waals surface area contributed by atoms with Gasteiger partial charge in [0.15, 0.2) is 0 Å². The summed E-state index contributed by atoms with van der Waals surface area (Å²) in [5, 5.41) is 38.5. The average Bonchev–Trinajstić information content (AvgIpc) is 0.818. The van der Waals surface area contributed by atoms with Gasteiger partial charge in [-0.25, -0.2) is 4.79 Å². The number of carbonyl (C=O) groups excluding carboxylic acids is 1. The largest absolute Gasteiger partial charge is 0.491 e. The van der Waals surface area contributed by atoms with Gasteiger partial charge in [0.1, 0.15) is 86.7 Å². The Hall–Kier alpha value is -8.13. The summed E-state index contributed by atoms with van der Waals surface area (Å²) in [5.41, 5.74) is 0.312. The number of benzene rings is 6. The summed E-state index contributed by atoms with van der Waals surface area (Å²) in [5.74, 6) is -3.81. The number of ether oxygens (including phenoxy) is 4. The number of anilines is 2. The van der Waals surface area contributed by atoms with Gasteiger partial charge in [-0.3, -0.25) is 31.9 Å². The van der Waals surface area contributed by atoms with Crippen molar-refractivity contribution in [2.75, 3.05) is 60.1 Å². The molecular formula is C52H58N10O27S8. The van der Waals surface area contributed by atoms with E-state index >= 15 is 0 Å². The Morgan fingerprint density at radius 2 is 0.711 bits per heavy atom. The van der Waals surface area contributed by atoms with Crippen LogP contribution < -0.4 is 29.6 Å². The van der Waals surface area contributed by atoms with Gasteiger partial charge in [0.05, 0.1) is 50.8 Å². The summed E-state index contributed by atoms with van der Waals surface area (Å²) in [6.07, 6.45) is -0.285. The van der Waals surface area contributed by atoms with Crippen molar-refractivity contribution in [2.24, 2.45) is 40.9 Å². The van der Waals surface area contributed by atoms with E-state index in [0.29, 0.717) is 17.2 Å². The van der Waals surface area contributed by atoms with Crippen molar-refractivity contribution >= 4 is 146 Å². The van der Waals surface area contributed by atoms with E-state index in [9.17, 15) is 100 Å². The molecule has 0 aliphatic carbocycles. The van der Waals surface area contributed by atoms with Crippen LogP contribution in [0.4, 0.5) is 61.7 Å². The molecule has 6 rings (SSSR count). The number of rotatable bonds is 33. The lowest BCUT2D eigenvalue weighted by Crippen LogP contribution is -2.21. The fourth-order valence-electron chi connectivity index (χ4n) is 7.90. The van der Waals surface area contributed by atoms with Crippen molar-refractivity contribution in [3.05, 3.63) is 107 Å². The number of unbranched alkanes of at least 4 members (excludes halogenated alkanes) is 1. The quantitative estimate of drug-likeness (QED) is 0.00792. The molecule has 0 radical (unpaired) electrons. The van der Waals surface area contributed by atoms with Crippen molar-refractivity contribution in [3.63, 3.8) is 0 Å². The smallest absolute Gasteiger partial charge is 0.323 e. The SMILES string of the molecule is Cc1cc(N=Nc2ccc(S(=O)(=O)O)cc2SO)c(OCCS(=O)(=O)O)cc1N=Nc1cc(C)c(NC(=O)Nc2cc(OCCS(=O)(=O)O)c(N=Nc3cc(OCCCCS(=O)(=O)O)c(N=Nc4ccc(S(=O)(=O)O)cc4S(=O)(=O)O)cc3C)cc2C)cc1OCCCS(=O)(=O)O. The Labute approximate surface area is 559 Å². The summed E-state index contributed by atoms with van der Waals surface area (Å²) >= 11 is 0.0888. The second-order valence-corrected chi connectivity index (χ2v) is 31.4. The predicted octanol–water partition coefficient (Wildman–Crippen LogP) is 10.8. The Morgan fingerprint density at radius 3 is 1.11 bits per heavy atom. The standard InChI is InChI=1S/C52H58N10O27S8/c1-30-20-42(61-58-41-29-49(89-15-19-94(74,75)76)45(23-33(41)4)59-55-36-10-8-34(95(77,78)79)24-50(36)90-64)46(87-13-7-17-92(68,69)70)26-38(30)53-52(63)54-39-27-47(88-14-18-93(71,72)73)43(21-31(39)2)62-57-40-28-48(86-12-5-6-16-91(65,66)67)44(22-32(40)3)60-56-37-11-9-35(96(80,81)82)25-51(37)97(83,84)85/h8-11,20-29,64H,5-7,12-19H2,1-4H3,(H2,53,54,63)(H,65,66,67)(H,68,69,70)(H,71,72,73)(H,74,75,76)(H,77,78,79)(H,80,81,82)(H,83,84,85). The lowest BCUT2D eigenvalue weighted by atomic mass is 10.1. The maximum atomic E-state index is 13.9. The molecule has 37 nitrogen and oxygen atoms in total.